The van der Waals surface area contributed by atoms with Crippen LogP contribution in [0.1, 0.15) is 25.8 Å². The van der Waals surface area contributed by atoms with Gasteiger partial charge in [0, 0.05) is 12.1 Å². The molecular weight excluding hydrogens is 200 g/mol. The van der Waals surface area contributed by atoms with Gasteiger partial charge in [0.05, 0.1) is 5.82 Å². The number of benzene rings is 1. The Hall–Kier alpha value is -1.77. The van der Waals surface area contributed by atoms with E-state index < -0.39 is 0 Å². The zero-order valence-electron chi connectivity index (χ0n) is 9.79. The zero-order chi connectivity index (χ0) is 12.0. The first kappa shape index (κ1) is 12.3. The number of anilines is 1. The van der Waals surface area contributed by atoms with Crippen LogP contribution in [0.5, 0.6) is 0 Å². The molecule has 0 radical (unpaired) electrons. The van der Waals surface area contributed by atoms with Crippen LogP contribution in [0.25, 0.3) is 0 Å². The predicted octanol–water partition coefficient (Wildman–Crippen LogP) is 2.44. The first-order valence-electron chi connectivity index (χ1n) is 5.43. The topological polar surface area (TPSA) is 55.1 Å². The van der Waals surface area contributed by atoms with E-state index in [0.717, 1.165) is 17.7 Å². The molecule has 0 aliphatic carbocycles. The summed E-state index contributed by atoms with van der Waals surface area (Å²) in [5.41, 5.74) is 7.69. The minimum atomic E-state index is 0.172. The fourth-order valence-electron chi connectivity index (χ4n) is 1.43. The van der Waals surface area contributed by atoms with Crippen LogP contribution in [0.2, 0.25) is 0 Å². The maximum Gasteiger partial charge on any atom is 0.134 e. The third-order valence-corrected chi connectivity index (χ3v) is 2.12. The van der Waals surface area contributed by atoms with E-state index in [1.807, 2.05) is 37.3 Å². The van der Waals surface area contributed by atoms with Crippen LogP contribution in [0, 0.1) is 0 Å². The van der Waals surface area contributed by atoms with Crippen LogP contribution in [0.4, 0.5) is 5.69 Å². The van der Waals surface area contributed by atoms with Crippen molar-refractivity contribution in [2.45, 2.75) is 26.7 Å². The summed E-state index contributed by atoms with van der Waals surface area (Å²) in [5, 5.41) is 3.08. The van der Waals surface area contributed by atoms with Crippen molar-refractivity contribution in [2.75, 3.05) is 5.32 Å². The molecule has 0 saturated carbocycles. The molecule has 0 aliphatic heterocycles. The Morgan fingerprint density at radius 3 is 2.50 bits per heavy atom. The van der Waals surface area contributed by atoms with Gasteiger partial charge in [0.25, 0.3) is 0 Å². The highest BCUT2D eigenvalue weighted by Crippen LogP contribution is 2.11. The number of nitrogens with two attached hydrogens (primary N) is 1. The number of allylic oxidation sites excluding steroid dienone is 1. The van der Waals surface area contributed by atoms with Gasteiger partial charge in [-0.15, -0.1) is 0 Å². The maximum absolute atomic E-state index is 10.9. The van der Waals surface area contributed by atoms with Gasteiger partial charge in [-0.25, -0.2) is 0 Å². The summed E-state index contributed by atoms with van der Waals surface area (Å²) in [4.78, 5) is 10.9. The highest BCUT2D eigenvalue weighted by Gasteiger charge is 1.98. The largest absolute Gasteiger partial charge is 0.386 e. The lowest BCUT2D eigenvalue weighted by Gasteiger charge is -2.06. The second-order valence-electron chi connectivity index (χ2n) is 3.77. The van der Waals surface area contributed by atoms with Crippen molar-refractivity contribution in [1.82, 2.24) is 0 Å². The van der Waals surface area contributed by atoms with Gasteiger partial charge in [0.1, 0.15) is 5.78 Å². The Labute approximate surface area is 96.3 Å². The Bertz CT molecular complexity index is 379. The average Bonchev–Trinajstić information content (AvgIpc) is 2.20. The molecule has 0 saturated heterocycles. The molecule has 0 aliphatic rings. The third kappa shape index (κ3) is 4.17. The maximum atomic E-state index is 10.9. The van der Waals surface area contributed by atoms with Gasteiger partial charge < -0.3 is 11.1 Å². The Kier molecular flexibility index (Phi) is 4.58. The van der Waals surface area contributed by atoms with Gasteiger partial charge in [-0.2, -0.15) is 0 Å². The molecular formula is C13H18N2O. The molecule has 0 spiro atoms. The van der Waals surface area contributed by atoms with E-state index in [1.165, 1.54) is 0 Å². The van der Waals surface area contributed by atoms with Crippen molar-refractivity contribution in [3.05, 3.63) is 41.7 Å². The molecule has 16 heavy (non-hydrogen) atoms. The quantitative estimate of drug-likeness (QED) is 0.798. The highest BCUT2D eigenvalue weighted by atomic mass is 16.1. The minimum absolute atomic E-state index is 0.172. The number of nitrogens with one attached hydrogen (secondary N) is 1. The number of ketones is 1. The van der Waals surface area contributed by atoms with Crippen LogP contribution >= 0.6 is 0 Å². The van der Waals surface area contributed by atoms with Crippen LogP contribution < -0.4 is 11.1 Å². The fourth-order valence-corrected chi connectivity index (χ4v) is 1.43. The SMILES string of the molecule is CCC=C(N)Nc1ccc(CC(C)=O)cc1. The smallest absolute Gasteiger partial charge is 0.134 e. The second kappa shape index (κ2) is 5.95. The summed E-state index contributed by atoms with van der Waals surface area (Å²) in [5.74, 6) is 0.827. The van der Waals surface area contributed by atoms with Crippen LogP contribution in [-0.4, -0.2) is 5.78 Å². The molecule has 0 amide bonds. The van der Waals surface area contributed by atoms with E-state index in [4.69, 9.17) is 5.73 Å². The molecule has 86 valence electrons. The normalized spacial score (nSPS) is 11.2. The van der Waals surface area contributed by atoms with Crippen LogP contribution in [0.3, 0.4) is 0 Å². The molecule has 1 rings (SSSR count). The number of carbonyl (C=O) groups excluding carboxylic acids is 1. The van der Waals surface area contributed by atoms with Gasteiger partial charge in [-0.05, 0) is 37.1 Å². The average molecular weight is 218 g/mol. The number of Topliss-reactive ketones (excluding diaryl/α,β-unsaturated/α-hetero) is 1. The van der Waals surface area contributed by atoms with Crippen molar-refractivity contribution in [3.63, 3.8) is 0 Å². The molecule has 0 unspecified atom stereocenters. The molecule has 0 atom stereocenters. The van der Waals surface area contributed by atoms with E-state index in [0.29, 0.717) is 12.2 Å². The summed E-state index contributed by atoms with van der Waals surface area (Å²) < 4.78 is 0. The van der Waals surface area contributed by atoms with E-state index in [1.54, 1.807) is 6.92 Å². The molecule has 3 heteroatoms. The lowest BCUT2D eigenvalue weighted by atomic mass is 10.1. The summed E-state index contributed by atoms with van der Waals surface area (Å²) in [7, 11) is 0. The Morgan fingerprint density at radius 1 is 1.38 bits per heavy atom. The lowest BCUT2D eigenvalue weighted by Crippen LogP contribution is -2.08. The molecule has 0 bridgehead atoms. The molecule has 3 N–H and O–H groups in total. The molecule has 0 heterocycles. The van der Waals surface area contributed by atoms with Crippen LogP contribution in [-0.2, 0) is 11.2 Å². The highest BCUT2D eigenvalue weighted by molar-refractivity contribution is 5.78. The second-order valence-corrected chi connectivity index (χ2v) is 3.77. The van der Waals surface area contributed by atoms with E-state index in [-0.39, 0.29) is 5.78 Å². The van der Waals surface area contributed by atoms with Gasteiger partial charge in [-0.1, -0.05) is 19.1 Å². The molecule has 3 nitrogen and oxygen atoms in total. The summed E-state index contributed by atoms with van der Waals surface area (Å²) in [6.07, 6.45) is 3.31. The Balaban J connectivity index is 2.64. The molecule has 0 aromatic heterocycles. The van der Waals surface area contributed by atoms with Crippen LogP contribution in [0.15, 0.2) is 36.2 Å². The molecule has 0 fully saturated rings. The summed E-state index contributed by atoms with van der Waals surface area (Å²) in [6, 6.07) is 7.72. The number of hydrogen-bond donors (Lipinski definition) is 2. The monoisotopic (exact) mass is 218 g/mol. The predicted molar refractivity (Wildman–Crippen MR) is 67.0 cm³/mol. The van der Waals surface area contributed by atoms with E-state index in [9.17, 15) is 4.79 Å². The van der Waals surface area contributed by atoms with Crippen molar-refractivity contribution in [1.29, 1.82) is 0 Å². The van der Waals surface area contributed by atoms with Gasteiger partial charge in [0.15, 0.2) is 0 Å². The molecule has 1 aromatic rings. The van der Waals surface area contributed by atoms with Crippen molar-refractivity contribution in [3.8, 4) is 0 Å². The van der Waals surface area contributed by atoms with E-state index >= 15 is 0 Å². The van der Waals surface area contributed by atoms with Crippen molar-refractivity contribution < 1.29 is 4.79 Å². The van der Waals surface area contributed by atoms with E-state index in [2.05, 4.69) is 5.32 Å². The van der Waals surface area contributed by atoms with Gasteiger partial charge >= 0.3 is 0 Å². The minimum Gasteiger partial charge on any atom is -0.386 e. The first-order chi connectivity index (χ1) is 7.61. The van der Waals surface area contributed by atoms with Gasteiger partial charge in [-0.3, -0.25) is 4.79 Å². The number of rotatable bonds is 5. The lowest BCUT2D eigenvalue weighted by molar-refractivity contribution is -0.116. The van der Waals surface area contributed by atoms with Gasteiger partial charge in [0.2, 0.25) is 0 Å². The summed E-state index contributed by atoms with van der Waals surface area (Å²) >= 11 is 0. The zero-order valence-corrected chi connectivity index (χ0v) is 9.79. The Morgan fingerprint density at radius 2 is 2.00 bits per heavy atom. The number of carbonyl (C=O) groups is 1. The third-order valence-electron chi connectivity index (χ3n) is 2.12. The molecule has 1 aromatic carbocycles. The summed E-state index contributed by atoms with van der Waals surface area (Å²) in [6.45, 7) is 3.62. The van der Waals surface area contributed by atoms with Crippen molar-refractivity contribution in [2.24, 2.45) is 5.73 Å². The fraction of sp³-hybridized carbons (Fsp3) is 0.308. The first-order valence-corrected chi connectivity index (χ1v) is 5.43. The van der Waals surface area contributed by atoms with Crippen molar-refractivity contribution >= 4 is 11.5 Å². The number of hydrogen-bond acceptors (Lipinski definition) is 3. The standard InChI is InChI=1S/C13H18N2O/c1-3-4-13(14)15-12-7-5-11(6-8-12)9-10(2)16/h4-8,15H,3,9,14H2,1-2H3.